The van der Waals surface area contributed by atoms with Gasteiger partial charge in [0.25, 0.3) is 0 Å². The Bertz CT molecular complexity index is 502. The van der Waals surface area contributed by atoms with Crippen LogP contribution in [0.3, 0.4) is 0 Å². The van der Waals surface area contributed by atoms with Gasteiger partial charge in [0, 0.05) is 13.1 Å². The third-order valence-electron chi connectivity index (χ3n) is 4.74. The fraction of sp³-hybridized carbons (Fsp3) is 0.800. The van der Waals surface area contributed by atoms with E-state index in [4.69, 9.17) is 0 Å². The molecular weight excluding hydrogens is 284 g/mol. The Labute approximate surface area is 131 Å². The zero-order valence-electron chi connectivity index (χ0n) is 13.6. The number of aromatic nitrogens is 3. The number of carbonyl (C=O) groups excluding carboxylic acids is 1. The van der Waals surface area contributed by atoms with Crippen LogP contribution in [0.1, 0.15) is 45.9 Å². The molecule has 21 heavy (non-hydrogen) atoms. The van der Waals surface area contributed by atoms with Gasteiger partial charge in [-0.25, -0.2) is 0 Å². The number of hydrogen-bond donors (Lipinski definition) is 1. The summed E-state index contributed by atoms with van der Waals surface area (Å²) in [4.78, 5) is 12.4. The van der Waals surface area contributed by atoms with E-state index in [1.807, 2.05) is 25.5 Å². The van der Waals surface area contributed by atoms with Gasteiger partial charge in [0.1, 0.15) is 5.82 Å². The molecular formula is C15H26N4OS. The molecule has 0 spiro atoms. The zero-order chi connectivity index (χ0) is 15.6. The Morgan fingerprint density at radius 1 is 1.38 bits per heavy atom. The number of rotatable bonds is 4. The van der Waals surface area contributed by atoms with Gasteiger partial charge in [0.2, 0.25) is 5.91 Å². The van der Waals surface area contributed by atoms with Crippen LogP contribution in [-0.4, -0.2) is 32.0 Å². The number of amides is 1. The predicted molar refractivity (Wildman–Crippen MR) is 85.2 cm³/mol. The minimum Gasteiger partial charge on any atom is -0.352 e. The first-order valence-corrected chi connectivity index (χ1v) is 8.61. The third kappa shape index (κ3) is 3.78. The average molecular weight is 310 g/mol. The molecule has 1 aromatic heterocycles. The number of carbonyl (C=O) groups is 1. The molecule has 6 heteroatoms. The van der Waals surface area contributed by atoms with Crippen LogP contribution in [0.4, 0.5) is 0 Å². The first-order chi connectivity index (χ1) is 9.90. The van der Waals surface area contributed by atoms with E-state index in [1.165, 1.54) is 24.6 Å². The Kier molecular flexibility index (Phi) is 5.30. The fourth-order valence-corrected chi connectivity index (χ4v) is 3.66. The van der Waals surface area contributed by atoms with E-state index in [0.29, 0.717) is 17.9 Å². The van der Waals surface area contributed by atoms with Gasteiger partial charge in [-0.2, -0.15) is 0 Å². The molecule has 0 saturated heterocycles. The highest BCUT2D eigenvalue weighted by atomic mass is 32.2. The van der Waals surface area contributed by atoms with Crippen LogP contribution in [0.2, 0.25) is 0 Å². The molecule has 2 rings (SSSR count). The van der Waals surface area contributed by atoms with E-state index in [-0.39, 0.29) is 11.2 Å². The average Bonchev–Trinajstić information content (AvgIpc) is 2.75. The third-order valence-corrected chi connectivity index (χ3v) is 5.87. The Morgan fingerprint density at radius 2 is 2.10 bits per heavy atom. The summed E-state index contributed by atoms with van der Waals surface area (Å²) in [6, 6.07) is 0.311. The topological polar surface area (TPSA) is 59.8 Å². The number of hydrogen-bond acceptors (Lipinski definition) is 4. The van der Waals surface area contributed by atoms with Gasteiger partial charge in [-0.3, -0.25) is 4.79 Å². The van der Waals surface area contributed by atoms with Crippen molar-refractivity contribution in [2.24, 2.45) is 18.9 Å². The number of aryl methyl sites for hydroxylation is 1. The quantitative estimate of drug-likeness (QED) is 0.868. The van der Waals surface area contributed by atoms with Gasteiger partial charge in [-0.1, -0.05) is 38.5 Å². The summed E-state index contributed by atoms with van der Waals surface area (Å²) in [5.41, 5.74) is 0. The van der Waals surface area contributed by atoms with Gasteiger partial charge in [0.05, 0.1) is 5.25 Å². The highest BCUT2D eigenvalue weighted by Gasteiger charge is 2.29. The standard InChI is InChI=1S/C15H26N4OS/c1-9-7-6-8-13(10(9)2)16-14(20)11(3)21-15-18-17-12(4)19(15)5/h9-11,13H,6-8H2,1-5H3,(H,16,20)/t9-,10-,11+,13-/m0/s1. The maximum Gasteiger partial charge on any atom is 0.233 e. The fourth-order valence-electron chi connectivity index (χ4n) is 2.79. The minimum absolute atomic E-state index is 0.103. The van der Waals surface area contributed by atoms with E-state index in [9.17, 15) is 4.79 Å². The van der Waals surface area contributed by atoms with Crippen molar-refractivity contribution in [2.75, 3.05) is 0 Å². The Hall–Kier alpha value is -1.04. The van der Waals surface area contributed by atoms with Crippen LogP contribution >= 0.6 is 11.8 Å². The van der Waals surface area contributed by atoms with Crippen LogP contribution in [0.5, 0.6) is 0 Å². The summed E-state index contributed by atoms with van der Waals surface area (Å²) < 4.78 is 1.92. The molecule has 1 amide bonds. The molecule has 1 N–H and O–H groups in total. The highest BCUT2D eigenvalue weighted by molar-refractivity contribution is 8.00. The van der Waals surface area contributed by atoms with Crippen molar-refractivity contribution in [2.45, 2.75) is 63.4 Å². The lowest BCUT2D eigenvalue weighted by Crippen LogP contribution is -2.46. The summed E-state index contributed by atoms with van der Waals surface area (Å²) in [5.74, 6) is 2.21. The van der Waals surface area contributed by atoms with Gasteiger partial charge in [-0.15, -0.1) is 10.2 Å². The highest BCUT2D eigenvalue weighted by Crippen LogP contribution is 2.30. The minimum atomic E-state index is -0.156. The van der Waals surface area contributed by atoms with Crippen molar-refractivity contribution in [1.82, 2.24) is 20.1 Å². The second-order valence-corrected chi connectivity index (χ2v) is 7.54. The second-order valence-electron chi connectivity index (χ2n) is 6.23. The number of nitrogens with one attached hydrogen (secondary N) is 1. The summed E-state index contributed by atoms with van der Waals surface area (Å²) in [5, 5.41) is 12.0. The van der Waals surface area contributed by atoms with Crippen LogP contribution in [0.25, 0.3) is 0 Å². The molecule has 1 aromatic rings. The van der Waals surface area contributed by atoms with Crippen LogP contribution in [0.15, 0.2) is 5.16 Å². The van der Waals surface area contributed by atoms with E-state index in [2.05, 4.69) is 29.4 Å². The molecule has 0 aromatic carbocycles. The first-order valence-electron chi connectivity index (χ1n) is 7.73. The first kappa shape index (κ1) is 16.3. The van der Waals surface area contributed by atoms with E-state index < -0.39 is 0 Å². The Balaban J connectivity index is 1.92. The predicted octanol–water partition coefficient (Wildman–Crippen LogP) is 2.55. The van der Waals surface area contributed by atoms with Crippen molar-refractivity contribution < 1.29 is 4.79 Å². The normalized spacial score (nSPS) is 27.4. The summed E-state index contributed by atoms with van der Waals surface area (Å²) in [6.07, 6.45) is 3.58. The Morgan fingerprint density at radius 3 is 2.71 bits per heavy atom. The van der Waals surface area contributed by atoms with E-state index in [0.717, 1.165) is 17.4 Å². The lowest BCUT2D eigenvalue weighted by atomic mass is 9.78. The molecule has 0 radical (unpaired) electrons. The number of nitrogens with zero attached hydrogens (tertiary/aromatic N) is 3. The van der Waals surface area contributed by atoms with Gasteiger partial charge in [-0.05, 0) is 32.1 Å². The maximum atomic E-state index is 12.4. The van der Waals surface area contributed by atoms with Crippen molar-refractivity contribution in [3.8, 4) is 0 Å². The van der Waals surface area contributed by atoms with Crippen molar-refractivity contribution >= 4 is 17.7 Å². The molecule has 1 aliphatic rings. The van der Waals surface area contributed by atoms with Crippen LogP contribution in [0, 0.1) is 18.8 Å². The SMILES string of the molecule is Cc1nnc(S[C@H](C)C(=O)N[C@H]2CCC[C@H](C)[C@@H]2C)n1C. The van der Waals surface area contributed by atoms with E-state index >= 15 is 0 Å². The monoisotopic (exact) mass is 310 g/mol. The lowest BCUT2D eigenvalue weighted by molar-refractivity contribution is -0.121. The molecule has 5 nitrogen and oxygen atoms in total. The van der Waals surface area contributed by atoms with Crippen molar-refractivity contribution in [3.05, 3.63) is 5.82 Å². The number of thioether (sulfide) groups is 1. The van der Waals surface area contributed by atoms with Crippen molar-refractivity contribution in [3.63, 3.8) is 0 Å². The molecule has 1 heterocycles. The maximum absolute atomic E-state index is 12.4. The molecule has 118 valence electrons. The summed E-state index contributed by atoms with van der Waals surface area (Å²) in [6.45, 7) is 8.37. The van der Waals surface area contributed by atoms with Gasteiger partial charge >= 0.3 is 0 Å². The van der Waals surface area contributed by atoms with Gasteiger partial charge in [0.15, 0.2) is 5.16 Å². The lowest BCUT2D eigenvalue weighted by Gasteiger charge is -2.35. The molecule has 0 aliphatic heterocycles. The van der Waals surface area contributed by atoms with Crippen LogP contribution < -0.4 is 5.32 Å². The van der Waals surface area contributed by atoms with Gasteiger partial charge < -0.3 is 9.88 Å². The summed E-state index contributed by atoms with van der Waals surface area (Å²) >= 11 is 1.47. The molecule has 0 unspecified atom stereocenters. The molecule has 1 aliphatic carbocycles. The zero-order valence-corrected chi connectivity index (χ0v) is 14.4. The van der Waals surface area contributed by atoms with E-state index in [1.54, 1.807) is 0 Å². The molecule has 1 saturated carbocycles. The smallest absolute Gasteiger partial charge is 0.233 e. The molecule has 4 atom stereocenters. The largest absolute Gasteiger partial charge is 0.352 e. The summed E-state index contributed by atoms with van der Waals surface area (Å²) in [7, 11) is 1.92. The van der Waals surface area contributed by atoms with Crippen LogP contribution in [-0.2, 0) is 11.8 Å². The molecule has 1 fully saturated rings. The van der Waals surface area contributed by atoms with Crippen molar-refractivity contribution in [1.29, 1.82) is 0 Å². The second kappa shape index (κ2) is 6.81. The molecule has 0 bridgehead atoms.